The van der Waals surface area contributed by atoms with Crippen molar-refractivity contribution in [2.75, 3.05) is 4.90 Å². The van der Waals surface area contributed by atoms with Gasteiger partial charge in [0.25, 0.3) is 0 Å². The van der Waals surface area contributed by atoms with Gasteiger partial charge in [-0.25, -0.2) is 0 Å². The lowest BCUT2D eigenvalue weighted by Crippen LogP contribution is -2.46. The summed E-state index contributed by atoms with van der Waals surface area (Å²) in [7, 11) is 0. The third kappa shape index (κ3) is 3.36. The molecule has 1 aliphatic heterocycles. The zero-order chi connectivity index (χ0) is 29.6. The minimum atomic E-state index is -0.701. The third-order valence-electron chi connectivity index (χ3n) is 9.66. The number of aryl methyl sites for hydroxylation is 2. The van der Waals surface area contributed by atoms with Crippen molar-refractivity contribution in [2.24, 2.45) is 0 Å². The van der Waals surface area contributed by atoms with Crippen molar-refractivity contribution in [1.29, 1.82) is 0 Å². The van der Waals surface area contributed by atoms with Crippen molar-refractivity contribution in [3.05, 3.63) is 177 Å². The van der Waals surface area contributed by atoms with Gasteiger partial charge in [0.15, 0.2) is 5.78 Å². The molecule has 3 aliphatic rings. The summed E-state index contributed by atoms with van der Waals surface area (Å²) in [5, 5.41) is 0. The maximum Gasteiger partial charge on any atom is 0.193 e. The molecule has 210 valence electrons. The molecule has 0 spiro atoms. The molecule has 0 fully saturated rings. The highest BCUT2D eigenvalue weighted by atomic mass is 32.2. The molecule has 2 nitrogen and oxygen atoms in total. The van der Waals surface area contributed by atoms with Crippen molar-refractivity contribution in [1.82, 2.24) is 0 Å². The molecule has 0 bridgehead atoms. The van der Waals surface area contributed by atoms with E-state index in [9.17, 15) is 4.79 Å². The lowest BCUT2D eigenvalue weighted by molar-refractivity contribution is 0.103. The van der Waals surface area contributed by atoms with E-state index in [1.807, 2.05) is 17.8 Å². The number of hydrogen-bond acceptors (Lipinski definition) is 3. The minimum Gasteiger partial charge on any atom is -0.321 e. The van der Waals surface area contributed by atoms with Crippen LogP contribution in [0.15, 0.2) is 137 Å². The van der Waals surface area contributed by atoms with Crippen LogP contribution in [0.5, 0.6) is 0 Å². The fraction of sp³-hybridized carbons (Fsp3) is 0.0976. The number of carbonyl (C=O) groups excluding carboxylic acids is 1. The number of nitrogens with zero attached hydrogens (tertiary/aromatic N) is 1. The zero-order valence-electron chi connectivity index (χ0n) is 24.6. The van der Waals surface area contributed by atoms with Gasteiger partial charge in [0.05, 0.1) is 11.4 Å². The Morgan fingerprint density at radius 1 is 0.568 bits per heavy atom. The van der Waals surface area contributed by atoms with E-state index in [1.54, 1.807) is 0 Å². The highest BCUT2D eigenvalue weighted by molar-refractivity contribution is 7.99. The summed E-state index contributed by atoms with van der Waals surface area (Å²) in [4.78, 5) is 19.3. The molecule has 0 N–H and O–H groups in total. The molecule has 6 aromatic rings. The van der Waals surface area contributed by atoms with Crippen LogP contribution in [0, 0.1) is 13.8 Å². The van der Waals surface area contributed by atoms with Crippen LogP contribution in [0.4, 0.5) is 11.4 Å². The molecule has 0 aromatic heterocycles. The Bertz CT molecular complexity index is 2100. The average molecular weight is 584 g/mol. The summed E-state index contributed by atoms with van der Waals surface area (Å²) in [6.45, 7) is 4.33. The van der Waals surface area contributed by atoms with Crippen LogP contribution in [-0.2, 0) is 12.0 Å². The monoisotopic (exact) mass is 583 g/mol. The summed E-state index contributed by atoms with van der Waals surface area (Å²) >= 11 is 1.83. The van der Waals surface area contributed by atoms with E-state index in [1.165, 1.54) is 54.5 Å². The first kappa shape index (κ1) is 25.6. The molecular formula is C41H29NOS. The van der Waals surface area contributed by atoms with Crippen LogP contribution in [0.25, 0.3) is 11.1 Å². The van der Waals surface area contributed by atoms with Gasteiger partial charge in [0.1, 0.15) is 5.54 Å². The van der Waals surface area contributed by atoms with E-state index < -0.39 is 5.54 Å². The second-order valence-electron chi connectivity index (χ2n) is 12.2. The summed E-state index contributed by atoms with van der Waals surface area (Å²) in [5.74, 6) is 0.118. The van der Waals surface area contributed by atoms with Crippen LogP contribution >= 0.6 is 11.8 Å². The van der Waals surface area contributed by atoms with E-state index in [0.717, 1.165) is 34.2 Å². The zero-order valence-corrected chi connectivity index (χ0v) is 25.4. The van der Waals surface area contributed by atoms with Crippen molar-refractivity contribution in [3.8, 4) is 11.1 Å². The number of rotatable bonds is 2. The van der Waals surface area contributed by atoms with Gasteiger partial charge in [-0.15, -0.1) is 0 Å². The minimum absolute atomic E-state index is 0.118. The first-order valence-corrected chi connectivity index (χ1v) is 16.0. The first-order chi connectivity index (χ1) is 21.6. The highest BCUT2D eigenvalue weighted by Gasteiger charge is 2.52. The van der Waals surface area contributed by atoms with Crippen molar-refractivity contribution in [3.63, 3.8) is 0 Å². The lowest BCUT2D eigenvalue weighted by atomic mass is 9.73. The molecule has 0 unspecified atom stereocenters. The standard InChI is InChI=1S/C41H29NOS/c1-25-19-20-29-27(21-25)23-28-22-26(2)35(24-32(28)40(29)43)41(33-13-5-3-11-30(33)31-12-4-6-14-34(31)41)42-36-15-7-9-17-38(36)44-39-18-10-8-16-37(39)42/h3-22,24H,23H2,1-2H3. The van der Waals surface area contributed by atoms with E-state index in [-0.39, 0.29) is 5.78 Å². The summed E-state index contributed by atoms with van der Waals surface area (Å²) in [6, 6.07) is 46.0. The second-order valence-corrected chi connectivity index (χ2v) is 13.2. The van der Waals surface area contributed by atoms with Gasteiger partial charge in [0.2, 0.25) is 0 Å². The Labute approximate surface area is 262 Å². The Hall–Kier alpha value is -4.86. The second kappa shape index (κ2) is 9.32. The van der Waals surface area contributed by atoms with Gasteiger partial charge >= 0.3 is 0 Å². The largest absolute Gasteiger partial charge is 0.321 e. The maximum absolute atomic E-state index is 14.2. The number of anilines is 2. The summed E-state index contributed by atoms with van der Waals surface area (Å²) in [6.07, 6.45) is 0.769. The van der Waals surface area contributed by atoms with Crippen molar-refractivity contribution >= 4 is 28.9 Å². The Morgan fingerprint density at radius 3 is 1.80 bits per heavy atom. The number of benzene rings is 6. The molecule has 0 saturated heterocycles. The van der Waals surface area contributed by atoms with E-state index in [0.29, 0.717) is 0 Å². The van der Waals surface area contributed by atoms with Gasteiger partial charge in [-0.1, -0.05) is 114 Å². The van der Waals surface area contributed by atoms with Gasteiger partial charge in [-0.3, -0.25) is 4.79 Å². The predicted octanol–water partition coefficient (Wildman–Crippen LogP) is 10.0. The molecule has 0 atom stereocenters. The SMILES string of the molecule is Cc1ccc2c(c1)Cc1cc(C)c(C3(N4c5ccccc5Sc5ccccc54)c4ccccc4-c4ccccc43)cc1C2=O. The quantitative estimate of drug-likeness (QED) is 0.202. The maximum atomic E-state index is 14.2. The fourth-order valence-corrected chi connectivity index (χ4v) is 8.94. The molecule has 9 rings (SSSR count). The van der Waals surface area contributed by atoms with E-state index in [4.69, 9.17) is 0 Å². The smallest absolute Gasteiger partial charge is 0.193 e. The molecule has 0 amide bonds. The fourth-order valence-electron chi connectivity index (χ4n) is 7.89. The van der Waals surface area contributed by atoms with Crippen LogP contribution in [0.2, 0.25) is 0 Å². The molecule has 44 heavy (non-hydrogen) atoms. The average Bonchev–Trinajstić information content (AvgIpc) is 3.34. The van der Waals surface area contributed by atoms with Gasteiger partial charge in [-0.05, 0) is 95.1 Å². The van der Waals surface area contributed by atoms with Gasteiger partial charge < -0.3 is 4.90 Å². The molecule has 3 heteroatoms. The molecule has 0 radical (unpaired) electrons. The van der Waals surface area contributed by atoms with E-state index >= 15 is 0 Å². The Kier molecular flexibility index (Phi) is 5.43. The predicted molar refractivity (Wildman–Crippen MR) is 180 cm³/mol. The normalized spacial score (nSPS) is 15.0. The van der Waals surface area contributed by atoms with E-state index in [2.05, 4.69) is 140 Å². The molecule has 0 saturated carbocycles. The van der Waals surface area contributed by atoms with Gasteiger partial charge in [-0.2, -0.15) is 0 Å². The molecule has 2 aliphatic carbocycles. The van der Waals surface area contributed by atoms with Crippen LogP contribution in [-0.4, -0.2) is 5.78 Å². The summed E-state index contributed by atoms with van der Waals surface area (Å²) < 4.78 is 0. The number of fused-ring (bicyclic) bond motifs is 7. The third-order valence-corrected chi connectivity index (χ3v) is 10.8. The van der Waals surface area contributed by atoms with Gasteiger partial charge in [0, 0.05) is 20.9 Å². The number of carbonyl (C=O) groups is 1. The molecule has 6 aromatic carbocycles. The molecule has 1 heterocycles. The topological polar surface area (TPSA) is 20.3 Å². The van der Waals surface area contributed by atoms with Crippen LogP contribution in [0.1, 0.15) is 54.9 Å². The number of hydrogen-bond donors (Lipinski definition) is 0. The van der Waals surface area contributed by atoms with Crippen molar-refractivity contribution in [2.45, 2.75) is 35.6 Å². The van der Waals surface area contributed by atoms with Crippen LogP contribution < -0.4 is 4.90 Å². The Balaban J connectivity index is 1.42. The lowest BCUT2D eigenvalue weighted by Gasteiger charge is -2.48. The first-order valence-electron chi connectivity index (χ1n) is 15.2. The van der Waals surface area contributed by atoms with Crippen molar-refractivity contribution < 1.29 is 4.79 Å². The highest BCUT2D eigenvalue weighted by Crippen LogP contribution is 2.62. The number of ketones is 1. The number of para-hydroxylation sites is 2. The molecular weight excluding hydrogens is 555 g/mol. The summed E-state index contributed by atoms with van der Waals surface area (Å²) in [5.41, 5.74) is 14.0. The van der Waals surface area contributed by atoms with Crippen LogP contribution in [0.3, 0.4) is 0 Å². The Morgan fingerprint density at radius 2 is 1.14 bits per heavy atom.